The summed E-state index contributed by atoms with van der Waals surface area (Å²) in [5.41, 5.74) is 0. The van der Waals surface area contributed by atoms with Gasteiger partial charge < -0.3 is 26.8 Å². The van der Waals surface area contributed by atoms with Crippen LogP contribution < -0.4 is 22.3 Å². The molecule has 0 spiro atoms. The molecule has 1 heterocycles. The highest BCUT2D eigenvalue weighted by Crippen LogP contribution is 2.19. The Morgan fingerprint density at radius 1 is 0.750 bits per heavy atom. The van der Waals surface area contributed by atoms with Crippen molar-refractivity contribution in [1.82, 2.24) is 5.32 Å². The van der Waals surface area contributed by atoms with Gasteiger partial charge in [-0.05, 0) is 19.1 Å². The zero-order valence-electron chi connectivity index (χ0n) is 19.5. The highest BCUT2D eigenvalue weighted by atomic mass is 79.9. The zero-order chi connectivity index (χ0) is 19.6. The first-order chi connectivity index (χ1) is 13.2. The molecule has 0 bridgehead atoms. The number of nitrogens with zero attached hydrogens (tertiary/aromatic N) is 1. The minimum atomic E-state index is 0. The van der Waals surface area contributed by atoms with Crippen LogP contribution in [0.15, 0.2) is 0 Å². The zero-order valence-corrected chi connectivity index (χ0v) is 21.9. The van der Waals surface area contributed by atoms with Crippen LogP contribution in [0.4, 0.5) is 0 Å². The average Bonchev–Trinajstić information content (AvgIpc) is 2.65. The van der Waals surface area contributed by atoms with Crippen molar-refractivity contribution in [3.8, 4) is 0 Å². The Hall–Kier alpha value is 0.750. The summed E-state index contributed by atoms with van der Waals surface area (Å²) in [5, 5.41) is 4.31. The molecule has 0 radical (unpaired) electrons. The van der Waals surface area contributed by atoms with Gasteiger partial charge in [-0.15, -0.1) is 0 Å². The van der Waals surface area contributed by atoms with E-state index in [1.165, 1.54) is 133 Å². The summed E-state index contributed by atoms with van der Waals surface area (Å²) < 4.78 is 1.28. The van der Waals surface area contributed by atoms with Crippen LogP contribution in [0.5, 0.6) is 0 Å². The minimum Gasteiger partial charge on any atom is -1.00 e. The molecule has 1 atom stereocenters. The van der Waals surface area contributed by atoms with E-state index in [-0.39, 0.29) is 17.0 Å². The molecule has 1 rings (SSSR count). The summed E-state index contributed by atoms with van der Waals surface area (Å²) in [6, 6.07) is 0. The van der Waals surface area contributed by atoms with Crippen molar-refractivity contribution in [3.63, 3.8) is 0 Å². The first-order valence-electron chi connectivity index (χ1n) is 12.3. The van der Waals surface area contributed by atoms with Gasteiger partial charge in [-0.2, -0.15) is 11.8 Å². The second-order valence-corrected chi connectivity index (χ2v) is 10.8. The summed E-state index contributed by atoms with van der Waals surface area (Å²) in [4.78, 5) is 0. The van der Waals surface area contributed by atoms with Gasteiger partial charge in [0.05, 0.1) is 31.9 Å². The van der Waals surface area contributed by atoms with E-state index in [1.807, 2.05) is 0 Å². The maximum absolute atomic E-state index is 3.49. The third kappa shape index (κ3) is 16.5. The number of hydrogen-bond donors (Lipinski definition) is 1. The molecular weight excluding hydrogens is 428 g/mol. The van der Waals surface area contributed by atoms with Crippen molar-refractivity contribution in [2.75, 3.05) is 45.5 Å². The SMILES string of the molecule is CCCCCCCCCCCCCCCCSC(C)C[N+]1(C)CCNCC1.[Br-]. The third-order valence-electron chi connectivity index (χ3n) is 6.25. The van der Waals surface area contributed by atoms with E-state index in [4.69, 9.17) is 0 Å². The Balaban J connectivity index is 0.00000729. The number of rotatable bonds is 18. The lowest BCUT2D eigenvalue weighted by Crippen LogP contribution is -3.00. The summed E-state index contributed by atoms with van der Waals surface area (Å²) in [5.74, 6) is 1.37. The maximum atomic E-state index is 3.49. The van der Waals surface area contributed by atoms with Gasteiger partial charge in [0.1, 0.15) is 0 Å². The van der Waals surface area contributed by atoms with E-state index in [2.05, 4.69) is 38.0 Å². The number of quaternary nitrogens is 1. The number of nitrogens with one attached hydrogen (secondary N) is 1. The van der Waals surface area contributed by atoms with E-state index in [0.717, 1.165) is 5.25 Å². The van der Waals surface area contributed by atoms with Crippen LogP contribution >= 0.6 is 11.8 Å². The molecular formula is C24H51BrN2S. The molecule has 1 N–H and O–H groups in total. The Morgan fingerprint density at radius 2 is 1.18 bits per heavy atom. The number of halogens is 1. The molecule has 0 amide bonds. The van der Waals surface area contributed by atoms with Crippen molar-refractivity contribution < 1.29 is 21.5 Å². The number of hydrogen-bond acceptors (Lipinski definition) is 2. The van der Waals surface area contributed by atoms with E-state index in [9.17, 15) is 0 Å². The van der Waals surface area contributed by atoms with Gasteiger partial charge in [-0.1, -0.05) is 90.4 Å². The van der Waals surface area contributed by atoms with Crippen molar-refractivity contribution >= 4 is 11.8 Å². The molecule has 4 heteroatoms. The molecule has 1 aliphatic heterocycles. The minimum absolute atomic E-state index is 0. The molecule has 1 unspecified atom stereocenters. The molecule has 1 aliphatic rings. The van der Waals surface area contributed by atoms with Gasteiger partial charge in [-0.25, -0.2) is 0 Å². The Labute approximate surface area is 192 Å². The van der Waals surface area contributed by atoms with Crippen LogP contribution in [-0.2, 0) is 0 Å². The maximum Gasteiger partial charge on any atom is 0.0912 e. The average molecular weight is 480 g/mol. The molecule has 0 aliphatic carbocycles. The normalized spacial score (nSPS) is 17.2. The van der Waals surface area contributed by atoms with Gasteiger partial charge in [0.2, 0.25) is 0 Å². The fraction of sp³-hybridized carbons (Fsp3) is 1.00. The predicted molar refractivity (Wildman–Crippen MR) is 126 cm³/mol. The molecule has 2 nitrogen and oxygen atoms in total. The van der Waals surface area contributed by atoms with E-state index in [1.54, 1.807) is 0 Å². The Kier molecular flexibility index (Phi) is 20.2. The smallest absolute Gasteiger partial charge is 0.0912 e. The highest BCUT2D eigenvalue weighted by Gasteiger charge is 2.26. The van der Waals surface area contributed by atoms with Crippen molar-refractivity contribution in [2.24, 2.45) is 0 Å². The van der Waals surface area contributed by atoms with Crippen LogP contribution in [0.2, 0.25) is 0 Å². The molecule has 28 heavy (non-hydrogen) atoms. The van der Waals surface area contributed by atoms with Gasteiger partial charge in [0.15, 0.2) is 0 Å². The molecule has 0 aromatic carbocycles. The van der Waals surface area contributed by atoms with Crippen LogP contribution in [0.25, 0.3) is 0 Å². The standard InChI is InChI=1S/C24H51N2S.BrH/c1-4-5-6-7-8-9-10-11-12-13-14-15-16-17-22-27-24(2)23-26(3)20-18-25-19-21-26;/h24-25H,4-23H2,1-3H3;1H/q+1;/p-1. The van der Waals surface area contributed by atoms with E-state index >= 15 is 0 Å². The predicted octanol–water partition coefficient (Wildman–Crippen LogP) is 3.64. The van der Waals surface area contributed by atoms with Crippen LogP contribution in [0.3, 0.4) is 0 Å². The van der Waals surface area contributed by atoms with Gasteiger partial charge >= 0.3 is 0 Å². The molecule has 0 saturated carbocycles. The molecule has 1 saturated heterocycles. The fourth-order valence-electron chi connectivity index (χ4n) is 4.37. The number of piperazine rings is 1. The van der Waals surface area contributed by atoms with Crippen LogP contribution in [0.1, 0.15) is 104 Å². The van der Waals surface area contributed by atoms with Gasteiger partial charge in [0, 0.05) is 13.1 Å². The monoisotopic (exact) mass is 478 g/mol. The quantitative estimate of drug-likeness (QED) is 0.238. The molecule has 1 fully saturated rings. The lowest BCUT2D eigenvalue weighted by atomic mass is 10.0. The van der Waals surface area contributed by atoms with Gasteiger partial charge in [-0.3, -0.25) is 0 Å². The van der Waals surface area contributed by atoms with Crippen LogP contribution in [0, 0.1) is 0 Å². The first-order valence-corrected chi connectivity index (χ1v) is 13.4. The summed E-state index contributed by atoms with van der Waals surface area (Å²) in [6.07, 6.45) is 20.4. The number of likely N-dealkylation sites (N-methyl/N-ethyl adjacent to an activating group) is 1. The van der Waals surface area contributed by atoms with E-state index < -0.39 is 0 Å². The Morgan fingerprint density at radius 3 is 1.64 bits per heavy atom. The lowest BCUT2D eigenvalue weighted by Gasteiger charge is -2.39. The van der Waals surface area contributed by atoms with E-state index in [0.29, 0.717) is 0 Å². The molecule has 0 aromatic heterocycles. The van der Waals surface area contributed by atoms with Crippen molar-refractivity contribution in [3.05, 3.63) is 0 Å². The summed E-state index contributed by atoms with van der Waals surface area (Å²) in [7, 11) is 2.45. The molecule has 170 valence electrons. The number of thioether (sulfide) groups is 1. The van der Waals surface area contributed by atoms with Crippen LogP contribution in [-0.4, -0.2) is 55.3 Å². The third-order valence-corrected chi connectivity index (χ3v) is 7.50. The fourth-order valence-corrected chi connectivity index (χ4v) is 5.61. The second-order valence-electron chi connectivity index (χ2n) is 9.28. The van der Waals surface area contributed by atoms with Gasteiger partial charge in [0.25, 0.3) is 0 Å². The number of unbranched alkanes of at least 4 members (excludes halogenated alkanes) is 13. The summed E-state index contributed by atoms with van der Waals surface area (Å²) in [6.45, 7) is 11.1. The Bertz CT molecular complexity index is 322. The largest absolute Gasteiger partial charge is 1.00 e. The summed E-state index contributed by atoms with van der Waals surface area (Å²) >= 11 is 2.22. The lowest BCUT2D eigenvalue weighted by molar-refractivity contribution is -0.910. The topological polar surface area (TPSA) is 12.0 Å². The highest BCUT2D eigenvalue weighted by molar-refractivity contribution is 7.99. The van der Waals surface area contributed by atoms with Crippen molar-refractivity contribution in [1.29, 1.82) is 0 Å². The molecule has 0 aromatic rings. The second kappa shape index (κ2) is 19.7. The van der Waals surface area contributed by atoms with Crippen molar-refractivity contribution in [2.45, 2.75) is 109 Å². The first kappa shape index (κ1) is 28.8.